The SMILES string of the molecule is CCOC(=O)c1ccc(OCC(=O)c2cc(C)n(-c3cc(C)on3)c2C)cc1. The minimum absolute atomic E-state index is 0.110. The molecule has 0 aliphatic rings. The summed E-state index contributed by atoms with van der Waals surface area (Å²) in [5, 5.41) is 4.02. The Kier molecular flexibility index (Phi) is 5.63. The third kappa shape index (κ3) is 3.98. The summed E-state index contributed by atoms with van der Waals surface area (Å²) in [5.74, 6) is 1.31. The molecule has 0 unspecified atom stereocenters. The van der Waals surface area contributed by atoms with Gasteiger partial charge >= 0.3 is 5.97 Å². The smallest absolute Gasteiger partial charge is 0.338 e. The van der Waals surface area contributed by atoms with Crippen molar-refractivity contribution < 1.29 is 23.6 Å². The van der Waals surface area contributed by atoms with Crippen molar-refractivity contribution in [1.29, 1.82) is 0 Å². The van der Waals surface area contributed by atoms with Crippen LogP contribution in [-0.2, 0) is 4.74 Å². The molecule has 0 radical (unpaired) electrons. The Labute approximate surface area is 162 Å². The lowest BCUT2D eigenvalue weighted by molar-refractivity contribution is 0.0526. The number of aromatic nitrogens is 2. The highest BCUT2D eigenvalue weighted by Gasteiger charge is 2.19. The predicted molar refractivity (Wildman–Crippen MR) is 102 cm³/mol. The largest absolute Gasteiger partial charge is 0.485 e. The summed E-state index contributed by atoms with van der Waals surface area (Å²) in [7, 11) is 0. The lowest BCUT2D eigenvalue weighted by atomic mass is 10.1. The summed E-state index contributed by atoms with van der Waals surface area (Å²) in [6, 6.07) is 10.1. The van der Waals surface area contributed by atoms with E-state index in [9.17, 15) is 9.59 Å². The molecule has 7 nitrogen and oxygen atoms in total. The van der Waals surface area contributed by atoms with E-state index < -0.39 is 0 Å². The molecule has 2 heterocycles. The normalized spacial score (nSPS) is 10.7. The zero-order valence-corrected chi connectivity index (χ0v) is 16.3. The molecule has 1 aromatic carbocycles. The molecule has 0 aliphatic heterocycles. The van der Waals surface area contributed by atoms with Gasteiger partial charge in [0.25, 0.3) is 0 Å². The van der Waals surface area contributed by atoms with Crippen LogP contribution in [0.3, 0.4) is 0 Å². The molecule has 7 heteroatoms. The van der Waals surface area contributed by atoms with Crippen LogP contribution in [0.4, 0.5) is 0 Å². The van der Waals surface area contributed by atoms with E-state index in [0.29, 0.717) is 35.1 Å². The maximum absolute atomic E-state index is 12.6. The Balaban J connectivity index is 1.69. The number of ether oxygens (including phenoxy) is 2. The molecule has 0 saturated carbocycles. The van der Waals surface area contributed by atoms with Crippen LogP contribution in [0.2, 0.25) is 0 Å². The van der Waals surface area contributed by atoms with Crippen molar-refractivity contribution in [1.82, 2.24) is 9.72 Å². The van der Waals surface area contributed by atoms with Gasteiger partial charge in [-0.25, -0.2) is 4.79 Å². The third-order valence-electron chi connectivity index (χ3n) is 4.31. The van der Waals surface area contributed by atoms with Crippen LogP contribution in [0.25, 0.3) is 5.82 Å². The fourth-order valence-corrected chi connectivity index (χ4v) is 2.98. The lowest BCUT2D eigenvalue weighted by Gasteiger charge is -2.07. The fourth-order valence-electron chi connectivity index (χ4n) is 2.98. The number of rotatable bonds is 7. The first-order valence-electron chi connectivity index (χ1n) is 8.96. The molecule has 0 saturated heterocycles. The standard InChI is InChI=1S/C21H22N2O5/c1-5-26-21(25)16-6-8-17(9-7-16)27-12-19(24)18-10-13(2)23(15(18)4)20-11-14(3)28-22-20/h6-11H,5,12H2,1-4H3. The van der Waals surface area contributed by atoms with Crippen molar-refractivity contribution in [3.05, 3.63) is 64.7 Å². The monoisotopic (exact) mass is 382 g/mol. The Morgan fingerprint density at radius 2 is 1.82 bits per heavy atom. The van der Waals surface area contributed by atoms with E-state index in [1.54, 1.807) is 31.2 Å². The number of carbonyl (C=O) groups is 2. The topological polar surface area (TPSA) is 83.6 Å². The average Bonchev–Trinajstić information content (AvgIpc) is 3.22. The van der Waals surface area contributed by atoms with Gasteiger partial charge in [0.15, 0.2) is 12.4 Å². The van der Waals surface area contributed by atoms with Crippen LogP contribution in [0.5, 0.6) is 5.75 Å². The number of ketones is 1. The number of aryl methyl sites for hydroxylation is 2. The molecule has 0 N–H and O–H groups in total. The van der Waals surface area contributed by atoms with Gasteiger partial charge in [-0.15, -0.1) is 0 Å². The average molecular weight is 382 g/mol. The van der Waals surface area contributed by atoms with Gasteiger partial charge in [-0.05, 0) is 58.0 Å². The van der Waals surface area contributed by atoms with E-state index in [0.717, 1.165) is 11.4 Å². The van der Waals surface area contributed by atoms with Gasteiger partial charge in [0.05, 0.1) is 12.2 Å². The summed E-state index contributed by atoms with van der Waals surface area (Å²) in [4.78, 5) is 24.3. The second-order valence-electron chi connectivity index (χ2n) is 6.37. The van der Waals surface area contributed by atoms with Crippen LogP contribution in [0, 0.1) is 20.8 Å². The van der Waals surface area contributed by atoms with Gasteiger partial charge in [-0.3, -0.25) is 9.36 Å². The molecule has 3 aromatic rings. The second-order valence-corrected chi connectivity index (χ2v) is 6.37. The Hall–Kier alpha value is -3.35. The molecule has 2 aromatic heterocycles. The number of benzene rings is 1. The third-order valence-corrected chi connectivity index (χ3v) is 4.31. The van der Waals surface area contributed by atoms with Crippen LogP contribution < -0.4 is 4.74 Å². The summed E-state index contributed by atoms with van der Waals surface area (Å²) in [5.41, 5.74) is 2.67. The second kappa shape index (κ2) is 8.12. The van der Waals surface area contributed by atoms with Crippen LogP contribution in [-0.4, -0.2) is 34.7 Å². The molecule has 28 heavy (non-hydrogen) atoms. The highest BCUT2D eigenvalue weighted by atomic mass is 16.5. The van der Waals surface area contributed by atoms with Crippen molar-refractivity contribution in [2.24, 2.45) is 0 Å². The van der Waals surface area contributed by atoms with E-state index in [-0.39, 0.29) is 18.4 Å². The van der Waals surface area contributed by atoms with Crippen molar-refractivity contribution >= 4 is 11.8 Å². The maximum Gasteiger partial charge on any atom is 0.338 e. The predicted octanol–water partition coefficient (Wildman–Crippen LogP) is 3.83. The molecule has 0 aliphatic carbocycles. The molecule has 0 atom stereocenters. The van der Waals surface area contributed by atoms with E-state index in [2.05, 4.69) is 5.16 Å². The minimum atomic E-state index is -0.388. The molecule has 0 fully saturated rings. The lowest BCUT2D eigenvalue weighted by Crippen LogP contribution is -2.13. The molecule has 0 bridgehead atoms. The first kappa shape index (κ1) is 19.4. The van der Waals surface area contributed by atoms with Crippen LogP contribution in [0.15, 0.2) is 40.9 Å². The maximum atomic E-state index is 12.6. The van der Waals surface area contributed by atoms with Crippen LogP contribution >= 0.6 is 0 Å². The zero-order chi connectivity index (χ0) is 20.3. The highest BCUT2D eigenvalue weighted by Crippen LogP contribution is 2.22. The van der Waals surface area contributed by atoms with Gasteiger partial charge in [-0.1, -0.05) is 5.16 Å². The molecule has 146 valence electrons. The number of carbonyl (C=O) groups excluding carboxylic acids is 2. The molecule has 0 spiro atoms. The van der Waals surface area contributed by atoms with E-state index in [1.165, 1.54) is 0 Å². The number of esters is 1. The molecule has 0 amide bonds. The highest BCUT2D eigenvalue weighted by molar-refractivity contribution is 5.98. The Morgan fingerprint density at radius 3 is 2.43 bits per heavy atom. The number of hydrogen-bond acceptors (Lipinski definition) is 6. The Morgan fingerprint density at radius 1 is 1.11 bits per heavy atom. The number of nitrogens with zero attached hydrogens (tertiary/aromatic N) is 2. The summed E-state index contributed by atoms with van der Waals surface area (Å²) < 4.78 is 17.5. The first-order chi connectivity index (χ1) is 13.4. The van der Waals surface area contributed by atoms with Gasteiger partial charge in [0.2, 0.25) is 5.78 Å². The molecular formula is C21H22N2O5. The van der Waals surface area contributed by atoms with Crippen molar-refractivity contribution in [2.45, 2.75) is 27.7 Å². The van der Waals surface area contributed by atoms with Gasteiger partial charge in [0.1, 0.15) is 11.5 Å². The number of Topliss-reactive ketones (excluding diaryl/α,β-unsaturated/α-hetero) is 1. The van der Waals surface area contributed by atoms with Crippen molar-refractivity contribution in [3.63, 3.8) is 0 Å². The summed E-state index contributed by atoms with van der Waals surface area (Å²) >= 11 is 0. The minimum Gasteiger partial charge on any atom is -0.485 e. The van der Waals surface area contributed by atoms with Crippen LogP contribution in [0.1, 0.15) is 44.8 Å². The Bertz CT molecular complexity index is 998. The zero-order valence-electron chi connectivity index (χ0n) is 16.3. The quantitative estimate of drug-likeness (QED) is 0.456. The fraction of sp³-hybridized carbons (Fsp3) is 0.286. The summed E-state index contributed by atoms with van der Waals surface area (Å²) in [6.07, 6.45) is 0. The molecule has 3 rings (SSSR count). The first-order valence-corrected chi connectivity index (χ1v) is 8.96. The van der Waals surface area contributed by atoms with Gasteiger partial charge in [-0.2, -0.15) is 0 Å². The number of hydrogen-bond donors (Lipinski definition) is 0. The van der Waals surface area contributed by atoms with Crippen molar-refractivity contribution in [2.75, 3.05) is 13.2 Å². The van der Waals surface area contributed by atoms with E-state index >= 15 is 0 Å². The van der Waals surface area contributed by atoms with E-state index in [4.69, 9.17) is 14.0 Å². The van der Waals surface area contributed by atoms with E-state index in [1.807, 2.05) is 37.5 Å². The van der Waals surface area contributed by atoms with Crippen molar-refractivity contribution in [3.8, 4) is 11.6 Å². The van der Waals surface area contributed by atoms with Gasteiger partial charge in [0, 0.05) is 23.0 Å². The molecular weight excluding hydrogens is 360 g/mol. The van der Waals surface area contributed by atoms with Gasteiger partial charge < -0.3 is 14.0 Å². The summed E-state index contributed by atoms with van der Waals surface area (Å²) in [6.45, 7) is 7.54.